The molecule has 17 heteroatoms. The van der Waals surface area contributed by atoms with Gasteiger partial charge in [0.2, 0.25) is 17.7 Å². The third-order valence-electron chi connectivity index (χ3n) is 15.1. The van der Waals surface area contributed by atoms with Crippen molar-refractivity contribution < 1.29 is 57.7 Å². The number of methoxy groups -OCH3 is 2. The SMILES string of the molecule is CC[C@H](C)[C@@H]([C@@H](CC(=O)N1CCC[C@H]1[C@H](OC)[C@@H](C)C(=O)CC(Cc1ccccc1)C(=O)O)OC)N(C)C(=O)[C@@H](CC(=O)[C@H](C(C)C)N(C)CCCC(=O)CNC(=O)CCCCCN1C(=O)C=CC1=O)C(C)C. The average Bonchev–Trinajstić information content (AvgIpc) is 3.97. The van der Waals surface area contributed by atoms with E-state index < -0.39 is 54.1 Å². The minimum Gasteiger partial charge on any atom is -0.481 e. The lowest BCUT2D eigenvalue weighted by Gasteiger charge is -2.41. The number of likely N-dealkylation sites (N-methyl/N-ethyl adjacent to an activating group) is 2. The van der Waals surface area contributed by atoms with Crippen molar-refractivity contribution in [2.75, 3.05) is 54.5 Å². The molecule has 0 saturated carbocycles. The predicted molar refractivity (Wildman–Crippen MR) is 278 cm³/mol. The van der Waals surface area contributed by atoms with Crippen LogP contribution in [0.3, 0.4) is 0 Å². The Kier molecular flexibility index (Phi) is 26.3. The van der Waals surface area contributed by atoms with E-state index >= 15 is 0 Å². The van der Waals surface area contributed by atoms with Gasteiger partial charge < -0.3 is 29.7 Å². The van der Waals surface area contributed by atoms with Crippen molar-refractivity contribution in [2.24, 2.45) is 35.5 Å². The van der Waals surface area contributed by atoms with Gasteiger partial charge in [0, 0.05) is 84.0 Å². The fraction of sp³-hybridized carbons (Fsp3) is 0.696. The van der Waals surface area contributed by atoms with E-state index in [0.29, 0.717) is 64.6 Å². The molecule has 17 nitrogen and oxygen atoms in total. The number of carbonyl (C=O) groups is 9. The molecule has 2 aliphatic heterocycles. The molecular formula is C56H87N5O12. The highest BCUT2D eigenvalue weighted by molar-refractivity contribution is 6.12. The molecule has 2 heterocycles. The molecule has 9 atom stereocenters. The van der Waals surface area contributed by atoms with Crippen LogP contribution in [0.15, 0.2) is 42.5 Å². The fourth-order valence-electron chi connectivity index (χ4n) is 10.7. The first-order valence-corrected chi connectivity index (χ1v) is 26.5. The maximum atomic E-state index is 14.7. The van der Waals surface area contributed by atoms with Crippen molar-refractivity contribution in [1.29, 1.82) is 0 Å². The number of unbranched alkanes of at least 4 members (excludes halogenated alkanes) is 2. The summed E-state index contributed by atoms with van der Waals surface area (Å²) in [5, 5.41) is 12.7. The molecule has 3 rings (SSSR count). The number of aliphatic carboxylic acids is 1. The molecular weight excluding hydrogens is 935 g/mol. The Morgan fingerprint density at radius 2 is 1.47 bits per heavy atom. The van der Waals surface area contributed by atoms with Crippen LogP contribution < -0.4 is 5.32 Å². The van der Waals surface area contributed by atoms with Crippen molar-refractivity contribution in [3.63, 3.8) is 0 Å². The Balaban J connectivity index is 1.60. The van der Waals surface area contributed by atoms with Gasteiger partial charge in [-0.25, -0.2) is 0 Å². The summed E-state index contributed by atoms with van der Waals surface area (Å²) in [4.78, 5) is 124. The summed E-state index contributed by atoms with van der Waals surface area (Å²) < 4.78 is 12.0. The first-order chi connectivity index (χ1) is 34.6. The molecule has 0 aliphatic carbocycles. The largest absolute Gasteiger partial charge is 0.481 e. The summed E-state index contributed by atoms with van der Waals surface area (Å²) in [6.07, 6.45) is 5.83. The molecule has 0 radical (unpaired) electrons. The first kappa shape index (κ1) is 62.2. The number of carboxylic acids is 1. The van der Waals surface area contributed by atoms with E-state index in [0.717, 1.165) is 5.56 Å². The number of ketones is 3. The van der Waals surface area contributed by atoms with Crippen molar-refractivity contribution in [3.8, 4) is 0 Å². The van der Waals surface area contributed by atoms with Crippen LogP contribution in [0.5, 0.6) is 0 Å². The number of Topliss-reactive ketones (excluding diaryl/α,β-unsaturated/α-hetero) is 3. The second-order valence-electron chi connectivity index (χ2n) is 21.1. The van der Waals surface area contributed by atoms with Crippen LogP contribution in [0.1, 0.15) is 131 Å². The predicted octanol–water partition coefficient (Wildman–Crippen LogP) is 5.95. The van der Waals surface area contributed by atoms with Crippen molar-refractivity contribution in [3.05, 3.63) is 48.0 Å². The number of carboxylic acid groups (broad SMARTS) is 1. The zero-order chi connectivity index (χ0) is 54.5. The van der Waals surface area contributed by atoms with Gasteiger partial charge in [-0.3, -0.25) is 53.0 Å². The number of hydrogen-bond donors (Lipinski definition) is 2. The van der Waals surface area contributed by atoms with E-state index in [9.17, 15) is 48.3 Å². The number of amides is 5. The van der Waals surface area contributed by atoms with Crippen LogP contribution in [0.4, 0.5) is 0 Å². The number of nitrogens with zero attached hydrogens (tertiary/aromatic N) is 4. The van der Waals surface area contributed by atoms with Crippen LogP contribution in [0.25, 0.3) is 0 Å². The van der Waals surface area contributed by atoms with E-state index in [1.807, 2.05) is 83.8 Å². The van der Waals surface area contributed by atoms with Gasteiger partial charge in [0.1, 0.15) is 5.78 Å². The number of carbonyl (C=O) groups excluding carboxylic acids is 8. The quantitative estimate of drug-likeness (QED) is 0.0595. The van der Waals surface area contributed by atoms with Crippen LogP contribution in [0.2, 0.25) is 0 Å². The number of hydrogen-bond acceptors (Lipinski definition) is 12. The molecule has 0 spiro atoms. The van der Waals surface area contributed by atoms with Gasteiger partial charge >= 0.3 is 5.97 Å². The van der Waals surface area contributed by atoms with Gasteiger partial charge in [0.15, 0.2) is 11.6 Å². The second-order valence-corrected chi connectivity index (χ2v) is 21.1. The second kappa shape index (κ2) is 30.9. The van der Waals surface area contributed by atoms with Gasteiger partial charge in [0.25, 0.3) is 11.8 Å². The summed E-state index contributed by atoms with van der Waals surface area (Å²) in [7, 11) is 6.61. The lowest BCUT2D eigenvalue weighted by atomic mass is 9.83. The maximum absolute atomic E-state index is 14.7. The van der Waals surface area contributed by atoms with Crippen molar-refractivity contribution in [1.82, 2.24) is 24.9 Å². The minimum atomic E-state index is -1.05. The van der Waals surface area contributed by atoms with E-state index in [2.05, 4.69) is 5.32 Å². The number of rotatable bonds is 35. The Morgan fingerprint density at radius 3 is 2.04 bits per heavy atom. The summed E-state index contributed by atoms with van der Waals surface area (Å²) in [6, 6.07) is 7.74. The third-order valence-corrected chi connectivity index (χ3v) is 15.1. The topological polar surface area (TPSA) is 217 Å². The lowest BCUT2D eigenvalue weighted by Crippen LogP contribution is -2.54. The van der Waals surface area contributed by atoms with Crippen molar-refractivity contribution in [2.45, 2.75) is 162 Å². The number of nitrogens with one attached hydrogen (secondary N) is 1. The minimum absolute atomic E-state index is 0.00125. The highest BCUT2D eigenvalue weighted by Gasteiger charge is 2.44. The zero-order valence-electron chi connectivity index (χ0n) is 45.6. The summed E-state index contributed by atoms with van der Waals surface area (Å²) in [5.74, 6) is -5.44. The fourth-order valence-corrected chi connectivity index (χ4v) is 10.7. The average molecular weight is 1020 g/mol. The summed E-state index contributed by atoms with van der Waals surface area (Å²) in [5.41, 5.74) is 0.828. The number of benzene rings is 1. The van der Waals surface area contributed by atoms with Crippen LogP contribution in [-0.4, -0.2) is 162 Å². The van der Waals surface area contributed by atoms with Crippen LogP contribution in [0, 0.1) is 35.5 Å². The van der Waals surface area contributed by atoms with Crippen LogP contribution in [-0.2, 0) is 59.0 Å². The molecule has 73 heavy (non-hydrogen) atoms. The van der Waals surface area contributed by atoms with Gasteiger partial charge in [-0.05, 0) is 75.4 Å². The summed E-state index contributed by atoms with van der Waals surface area (Å²) in [6.45, 7) is 14.6. The molecule has 1 aromatic carbocycles. The Labute approximate surface area is 434 Å². The Hall–Kier alpha value is -5.13. The van der Waals surface area contributed by atoms with Crippen LogP contribution >= 0.6 is 0 Å². The first-order valence-electron chi connectivity index (χ1n) is 26.5. The number of likely N-dealkylation sites (tertiary alicyclic amines) is 1. The van der Waals surface area contributed by atoms with Gasteiger partial charge in [-0.15, -0.1) is 0 Å². The lowest BCUT2D eigenvalue weighted by molar-refractivity contribution is -0.149. The Bertz CT molecular complexity index is 2020. The normalized spacial score (nSPS) is 18.1. The van der Waals surface area contributed by atoms with E-state index in [4.69, 9.17) is 9.47 Å². The van der Waals surface area contributed by atoms with E-state index in [-0.39, 0.29) is 110 Å². The molecule has 408 valence electrons. The molecule has 2 aliphatic rings. The molecule has 0 aromatic heterocycles. The maximum Gasteiger partial charge on any atom is 0.307 e. The number of imide groups is 1. The standard InChI is InChI=1S/C56H87N5O12/c1-12-38(6)53(47(72-10)34-51(68)60-30-20-24-44(60)54(73-11)39(7)45(63)32-41(56(70)71)31-40-21-15-13-16-22-40)59(9)55(69)43(36(2)3)33-46(64)52(37(4)5)58(8)28-19-23-42(62)35-57-48(65)25-17-14-18-29-61-49(66)26-27-50(61)67/h13,15-16,21-22,26-27,36-39,41,43-44,47,52-54H,12,14,17-20,23-25,28-35H2,1-11H3,(H,57,65)(H,70,71)/t38-,39-,41?,43-,44-,47+,52-,53-,54+/m0/s1. The van der Waals surface area contributed by atoms with Gasteiger partial charge in [0.05, 0.1) is 49.2 Å². The smallest absolute Gasteiger partial charge is 0.307 e. The molecule has 5 amide bonds. The van der Waals surface area contributed by atoms with E-state index in [1.165, 1.54) is 31.3 Å². The van der Waals surface area contributed by atoms with Gasteiger partial charge in [-0.2, -0.15) is 0 Å². The summed E-state index contributed by atoms with van der Waals surface area (Å²) >= 11 is 0. The van der Waals surface area contributed by atoms with E-state index in [1.54, 1.807) is 23.8 Å². The van der Waals surface area contributed by atoms with Gasteiger partial charge in [-0.1, -0.05) is 91.6 Å². The molecule has 1 aromatic rings. The highest BCUT2D eigenvalue weighted by Crippen LogP contribution is 2.32. The molecule has 1 saturated heterocycles. The zero-order valence-corrected chi connectivity index (χ0v) is 45.6. The third kappa shape index (κ3) is 18.6. The highest BCUT2D eigenvalue weighted by atomic mass is 16.5. The molecule has 1 unspecified atom stereocenters. The molecule has 1 fully saturated rings. The molecule has 0 bridgehead atoms. The monoisotopic (exact) mass is 1020 g/mol. The van der Waals surface area contributed by atoms with Crippen molar-refractivity contribution >= 4 is 52.9 Å². The number of ether oxygens (including phenoxy) is 2. The Morgan fingerprint density at radius 1 is 0.808 bits per heavy atom. The molecule has 2 N–H and O–H groups in total.